The number of methoxy groups -OCH3 is 2. The fourth-order valence-electron chi connectivity index (χ4n) is 6.87. The second-order valence-corrected chi connectivity index (χ2v) is 14.8. The lowest BCUT2D eigenvalue weighted by Crippen LogP contribution is -2.59. The van der Waals surface area contributed by atoms with E-state index in [4.69, 9.17) is 36.7 Å². The smallest absolute Gasteiger partial charge is 0.497 e. The summed E-state index contributed by atoms with van der Waals surface area (Å²) in [6, 6.07) is 25.5. The van der Waals surface area contributed by atoms with Crippen LogP contribution < -0.4 is 20.7 Å². The summed E-state index contributed by atoms with van der Waals surface area (Å²) < 4.78 is 51.7. The topological polar surface area (TPSA) is 132 Å². The molecule has 0 aliphatic carbocycles. The maximum Gasteiger partial charge on any atom is 0.680 e. The third-order valence-corrected chi connectivity index (χ3v) is 11.9. The Bertz CT molecular complexity index is 1810. The van der Waals surface area contributed by atoms with E-state index in [-0.39, 0.29) is 13.0 Å². The number of nitrogens with zero attached hydrogens (tertiary/aromatic N) is 2. The average molecular weight is 718 g/mol. The van der Waals surface area contributed by atoms with Crippen LogP contribution >= 0.6 is 0 Å². The molecule has 0 amide bonds. The maximum absolute atomic E-state index is 13.1. The van der Waals surface area contributed by atoms with Gasteiger partial charge in [-0.3, -0.25) is 19.2 Å². The van der Waals surface area contributed by atoms with Crippen molar-refractivity contribution in [3.05, 3.63) is 128 Å². The molecular formula is C37H43N3O10Si. The number of ether oxygens (including phenoxy) is 4. The number of aromatic amines is 1. The lowest BCUT2D eigenvalue weighted by atomic mass is 9.80. The maximum atomic E-state index is 13.1. The van der Waals surface area contributed by atoms with Gasteiger partial charge in [0.2, 0.25) is 0 Å². The number of aromatic nitrogens is 2. The SMILES string of the molecule is COc1ccc(C(OC[C@H]2O[C@@H](n3cc(C)c(=O)[nH]c3=O)C[C@@H]2O[Si]23OCCN(CCO2)CCO3)(c2ccccc2)c2ccc(OC)cc2)cc1. The highest BCUT2D eigenvalue weighted by Gasteiger charge is 2.54. The van der Waals surface area contributed by atoms with Crippen molar-refractivity contribution in [1.29, 1.82) is 0 Å². The molecule has 1 N–H and O–H groups in total. The molecule has 0 unspecified atom stereocenters. The van der Waals surface area contributed by atoms with Crippen LogP contribution in [0.15, 0.2) is 94.6 Å². The summed E-state index contributed by atoms with van der Waals surface area (Å²) in [5.41, 5.74) is 0.812. The number of rotatable bonds is 11. The van der Waals surface area contributed by atoms with E-state index < -0.39 is 44.3 Å². The second kappa shape index (κ2) is 15.2. The normalized spacial score (nSPS) is 25.2. The summed E-state index contributed by atoms with van der Waals surface area (Å²) in [4.78, 5) is 30.0. The van der Waals surface area contributed by atoms with E-state index in [0.29, 0.717) is 36.9 Å². The van der Waals surface area contributed by atoms with Crippen LogP contribution in [-0.2, 0) is 32.8 Å². The monoisotopic (exact) mass is 717 g/mol. The van der Waals surface area contributed by atoms with Crippen molar-refractivity contribution < 1.29 is 36.7 Å². The number of benzene rings is 3. The molecule has 4 aromatic rings. The van der Waals surface area contributed by atoms with Gasteiger partial charge in [-0.15, -0.1) is 0 Å². The van der Waals surface area contributed by atoms with Gasteiger partial charge in [0.1, 0.15) is 29.4 Å². The predicted octanol–water partition coefficient (Wildman–Crippen LogP) is 3.36. The standard InChI is InChI=1S/C37H43N3O10Si/c1-26-24-40(36(42)38-35(26)41)34-23-32(50-51-46-20-17-39(18-21-47-51)19-22-48-51)33(49-34)25-45-37(27-7-5-4-6-8-27,28-9-13-30(43-2)14-10-28)29-11-15-31(44-3)16-12-29/h4-16,24,32-34H,17-23,25H2,1-3H3,(H,38,41,42)/t32-,33+,34+/m0/s1. The molecular weight excluding hydrogens is 675 g/mol. The Balaban J connectivity index is 1.29. The summed E-state index contributed by atoms with van der Waals surface area (Å²) in [6.07, 6.45) is -0.383. The first-order valence-corrected chi connectivity index (χ1v) is 18.7. The minimum absolute atomic E-state index is 0.0312. The van der Waals surface area contributed by atoms with Gasteiger partial charge in [-0.2, -0.15) is 0 Å². The Morgan fingerprint density at radius 2 is 1.35 bits per heavy atom. The second-order valence-electron chi connectivity index (χ2n) is 12.7. The van der Waals surface area contributed by atoms with Gasteiger partial charge < -0.3 is 36.7 Å². The van der Waals surface area contributed by atoms with Gasteiger partial charge in [0.15, 0.2) is 0 Å². The van der Waals surface area contributed by atoms with Crippen molar-refractivity contribution >= 4 is 9.05 Å². The van der Waals surface area contributed by atoms with Crippen molar-refractivity contribution in [2.45, 2.75) is 37.4 Å². The third kappa shape index (κ3) is 7.32. The summed E-state index contributed by atoms with van der Waals surface area (Å²) in [7, 11) is -0.362. The fraction of sp³-hybridized carbons (Fsp3) is 0.405. The number of fused-ring (bicyclic) bond motifs is 6. The first-order valence-electron chi connectivity index (χ1n) is 17.1. The van der Waals surface area contributed by atoms with Gasteiger partial charge in [0.25, 0.3) is 5.56 Å². The van der Waals surface area contributed by atoms with Crippen LogP contribution in [-0.4, -0.2) is 96.0 Å². The number of aryl methyl sites for hydroxylation is 1. The molecule has 5 heterocycles. The molecule has 13 nitrogen and oxygen atoms in total. The van der Waals surface area contributed by atoms with Gasteiger partial charge in [0.05, 0.1) is 46.8 Å². The molecule has 14 heteroatoms. The van der Waals surface area contributed by atoms with Gasteiger partial charge in [-0.25, -0.2) is 4.79 Å². The molecule has 1 aromatic heterocycles. The van der Waals surface area contributed by atoms with Crippen LogP contribution in [0, 0.1) is 6.92 Å². The van der Waals surface area contributed by atoms with E-state index in [1.807, 2.05) is 78.9 Å². The van der Waals surface area contributed by atoms with Crippen molar-refractivity contribution in [2.24, 2.45) is 0 Å². The predicted molar refractivity (Wildman–Crippen MR) is 188 cm³/mol. The molecule has 270 valence electrons. The Kier molecular flexibility index (Phi) is 10.5. The van der Waals surface area contributed by atoms with Gasteiger partial charge >= 0.3 is 14.7 Å². The Morgan fingerprint density at radius 3 is 1.90 bits per heavy atom. The lowest BCUT2D eigenvalue weighted by Gasteiger charge is -2.39. The van der Waals surface area contributed by atoms with E-state index >= 15 is 0 Å². The number of nitrogens with one attached hydrogen (secondary N) is 1. The van der Waals surface area contributed by atoms with Crippen LogP contribution in [0.2, 0.25) is 0 Å². The molecule has 4 aliphatic heterocycles. The van der Waals surface area contributed by atoms with Crippen LogP contribution in [0.4, 0.5) is 0 Å². The Hall–Kier alpha value is -4.12. The molecule has 0 radical (unpaired) electrons. The first-order chi connectivity index (χ1) is 24.8. The van der Waals surface area contributed by atoms with Crippen LogP contribution in [0.3, 0.4) is 0 Å². The van der Waals surface area contributed by atoms with Gasteiger partial charge in [0, 0.05) is 37.8 Å². The molecule has 0 spiro atoms. The molecule has 3 atom stereocenters. The summed E-state index contributed by atoms with van der Waals surface area (Å²) in [6.45, 7) is 5.11. The highest BCUT2D eigenvalue weighted by Crippen LogP contribution is 2.43. The molecule has 4 fully saturated rings. The van der Waals surface area contributed by atoms with Crippen molar-refractivity contribution in [3.8, 4) is 11.5 Å². The molecule has 0 saturated carbocycles. The molecule has 2 bridgehead atoms. The van der Waals surface area contributed by atoms with Gasteiger partial charge in [-0.1, -0.05) is 54.6 Å². The van der Waals surface area contributed by atoms with Gasteiger partial charge in [-0.05, 0) is 47.9 Å². The molecule has 4 aliphatic rings. The zero-order chi connectivity index (χ0) is 35.4. The van der Waals surface area contributed by atoms with Crippen LogP contribution in [0.25, 0.3) is 0 Å². The highest BCUT2D eigenvalue weighted by molar-refractivity contribution is 6.53. The number of hydrogen-bond donors (Lipinski definition) is 1. The van der Waals surface area contributed by atoms with E-state index in [0.717, 1.165) is 36.3 Å². The summed E-state index contributed by atoms with van der Waals surface area (Å²) >= 11 is 0. The highest BCUT2D eigenvalue weighted by atomic mass is 28.4. The van der Waals surface area contributed by atoms with Crippen LogP contribution in [0.1, 0.15) is 34.9 Å². The minimum Gasteiger partial charge on any atom is -0.497 e. The largest absolute Gasteiger partial charge is 0.680 e. The van der Waals surface area contributed by atoms with Crippen molar-refractivity contribution in [1.82, 2.24) is 14.5 Å². The molecule has 3 aromatic carbocycles. The fourth-order valence-corrected chi connectivity index (χ4v) is 8.97. The zero-order valence-corrected chi connectivity index (χ0v) is 29.9. The lowest BCUT2D eigenvalue weighted by molar-refractivity contribution is -0.122. The number of H-pyrrole nitrogens is 1. The number of hydrogen-bond acceptors (Lipinski definition) is 11. The Labute approximate surface area is 297 Å². The van der Waals surface area contributed by atoms with Crippen molar-refractivity contribution in [3.63, 3.8) is 0 Å². The first kappa shape index (κ1) is 35.3. The average Bonchev–Trinajstić information content (AvgIpc) is 3.53. The Morgan fingerprint density at radius 1 is 0.804 bits per heavy atom. The van der Waals surface area contributed by atoms with E-state index in [2.05, 4.69) is 9.88 Å². The quantitative estimate of drug-likeness (QED) is 0.181. The summed E-state index contributed by atoms with van der Waals surface area (Å²) in [5, 5.41) is 0. The minimum atomic E-state index is -3.62. The molecule has 4 saturated heterocycles. The molecule has 8 rings (SSSR count). The molecule has 51 heavy (non-hydrogen) atoms. The van der Waals surface area contributed by atoms with Crippen LogP contribution in [0.5, 0.6) is 11.5 Å². The van der Waals surface area contributed by atoms with E-state index in [1.54, 1.807) is 21.1 Å². The zero-order valence-electron chi connectivity index (χ0n) is 28.9. The van der Waals surface area contributed by atoms with Crippen molar-refractivity contribution in [2.75, 3.05) is 60.3 Å². The third-order valence-electron chi connectivity index (χ3n) is 9.63. The van der Waals surface area contributed by atoms with E-state index in [1.165, 1.54) is 10.8 Å². The summed E-state index contributed by atoms with van der Waals surface area (Å²) in [5.74, 6) is 1.41. The van der Waals surface area contributed by atoms with E-state index in [9.17, 15) is 9.59 Å².